The van der Waals surface area contributed by atoms with E-state index in [0.717, 1.165) is 19.0 Å². The summed E-state index contributed by atoms with van der Waals surface area (Å²) in [6.45, 7) is 12.4. The Hall–Kier alpha value is -1.25. The lowest BCUT2D eigenvalue weighted by molar-refractivity contribution is 0.273. The Morgan fingerprint density at radius 1 is 1.44 bits per heavy atom. The summed E-state index contributed by atoms with van der Waals surface area (Å²) in [4.78, 5) is 4.34. The molecule has 0 fully saturated rings. The van der Waals surface area contributed by atoms with E-state index in [4.69, 9.17) is 0 Å². The molecule has 102 valence electrons. The highest BCUT2D eigenvalue weighted by molar-refractivity contribution is 5.26. The molecule has 0 aliphatic rings. The summed E-state index contributed by atoms with van der Waals surface area (Å²) >= 11 is 0. The van der Waals surface area contributed by atoms with Gasteiger partial charge in [0.25, 0.3) is 0 Å². The van der Waals surface area contributed by atoms with E-state index in [1.807, 2.05) is 18.5 Å². The van der Waals surface area contributed by atoms with E-state index in [1.54, 1.807) is 0 Å². The highest BCUT2D eigenvalue weighted by Gasteiger charge is 2.19. The van der Waals surface area contributed by atoms with Crippen molar-refractivity contribution in [3.8, 4) is 0 Å². The molecule has 18 heavy (non-hydrogen) atoms. The minimum Gasteiger partial charge on any atom is -0.352 e. The Labute approximate surface area is 111 Å². The van der Waals surface area contributed by atoms with Gasteiger partial charge < -0.3 is 9.88 Å². The zero-order valence-electron chi connectivity index (χ0n) is 12.1. The number of hydrogen-bond donors (Lipinski definition) is 1. The normalized spacial score (nSPS) is 11.5. The third-order valence-corrected chi connectivity index (χ3v) is 3.18. The first-order valence-electron chi connectivity index (χ1n) is 6.95. The summed E-state index contributed by atoms with van der Waals surface area (Å²) in [5.74, 6) is 0.943. The van der Waals surface area contributed by atoms with Crippen LogP contribution >= 0.6 is 0 Å². The fraction of sp³-hybridized carbons (Fsp3) is 0.667. The van der Waals surface area contributed by atoms with E-state index >= 15 is 0 Å². The van der Waals surface area contributed by atoms with Crippen LogP contribution in [0.25, 0.3) is 0 Å². The van der Waals surface area contributed by atoms with Gasteiger partial charge in [0.1, 0.15) is 0 Å². The van der Waals surface area contributed by atoms with Gasteiger partial charge >= 0.3 is 0 Å². The van der Waals surface area contributed by atoms with Gasteiger partial charge in [-0.2, -0.15) is 0 Å². The van der Waals surface area contributed by atoms with Gasteiger partial charge in [-0.3, -0.25) is 0 Å². The monoisotopic (exact) mass is 249 g/mol. The van der Waals surface area contributed by atoms with Crippen LogP contribution < -0.4 is 5.32 Å². The lowest BCUT2D eigenvalue weighted by Gasteiger charge is -2.26. The maximum Gasteiger partial charge on any atom is 0.203 e. The Morgan fingerprint density at radius 3 is 2.89 bits per heavy atom. The lowest BCUT2D eigenvalue weighted by Crippen LogP contribution is -2.21. The standard InChI is InChI=1S/C15H27N3/c1-5-7-8-9-15(3,4)13-18-12-11-17-14(18)16-10-6-2/h6,11-12H,2,5,7-10,13H2,1,3-4H3,(H,16,17). The number of nitrogens with one attached hydrogen (secondary N) is 1. The van der Waals surface area contributed by atoms with Crippen molar-refractivity contribution < 1.29 is 0 Å². The fourth-order valence-electron chi connectivity index (χ4n) is 2.16. The van der Waals surface area contributed by atoms with Gasteiger partial charge in [0.05, 0.1) is 0 Å². The fourth-order valence-corrected chi connectivity index (χ4v) is 2.16. The second-order valence-corrected chi connectivity index (χ2v) is 5.67. The SMILES string of the molecule is C=CCNc1nccn1CC(C)(C)CCCCC. The predicted octanol–water partition coefficient (Wildman–Crippen LogP) is 4.09. The number of rotatable bonds is 9. The first kappa shape index (κ1) is 14.8. The van der Waals surface area contributed by atoms with Gasteiger partial charge in [0.2, 0.25) is 5.95 Å². The first-order chi connectivity index (χ1) is 8.59. The van der Waals surface area contributed by atoms with Gasteiger partial charge in [-0.1, -0.05) is 46.1 Å². The molecular weight excluding hydrogens is 222 g/mol. The molecular formula is C15H27N3. The van der Waals surface area contributed by atoms with E-state index in [0.29, 0.717) is 5.41 Å². The minimum absolute atomic E-state index is 0.320. The van der Waals surface area contributed by atoms with Crippen LogP contribution in [0.1, 0.15) is 46.5 Å². The Kier molecular flexibility index (Phi) is 5.96. The molecule has 3 heteroatoms. The Morgan fingerprint density at radius 2 is 2.22 bits per heavy atom. The van der Waals surface area contributed by atoms with E-state index in [1.165, 1.54) is 25.7 Å². The van der Waals surface area contributed by atoms with Crippen molar-refractivity contribution in [2.24, 2.45) is 5.41 Å². The van der Waals surface area contributed by atoms with Gasteiger partial charge in [-0.25, -0.2) is 4.98 Å². The van der Waals surface area contributed by atoms with Gasteiger partial charge in [0.15, 0.2) is 0 Å². The molecule has 0 saturated carbocycles. The Bertz CT molecular complexity index is 352. The highest BCUT2D eigenvalue weighted by atomic mass is 15.2. The zero-order chi connectivity index (χ0) is 13.4. The zero-order valence-corrected chi connectivity index (χ0v) is 12.1. The largest absolute Gasteiger partial charge is 0.352 e. The number of anilines is 1. The molecule has 1 aromatic heterocycles. The van der Waals surface area contributed by atoms with Crippen molar-refractivity contribution in [2.75, 3.05) is 11.9 Å². The average Bonchev–Trinajstić information content (AvgIpc) is 2.73. The van der Waals surface area contributed by atoms with Crippen LogP contribution in [-0.4, -0.2) is 16.1 Å². The first-order valence-corrected chi connectivity index (χ1v) is 6.95. The van der Waals surface area contributed by atoms with Crippen LogP contribution in [0.3, 0.4) is 0 Å². The van der Waals surface area contributed by atoms with Crippen LogP contribution in [0.2, 0.25) is 0 Å². The van der Waals surface area contributed by atoms with Crippen molar-refractivity contribution in [3.05, 3.63) is 25.0 Å². The molecule has 1 heterocycles. The number of unbranched alkanes of at least 4 members (excludes halogenated alkanes) is 2. The topological polar surface area (TPSA) is 29.9 Å². The molecule has 0 atom stereocenters. The molecule has 1 rings (SSSR count). The van der Waals surface area contributed by atoms with Gasteiger partial charge in [0, 0.05) is 25.5 Å². The third-order valence-electron chi connectivity index (χ3n) is 3.18. The minimum atomic E-state index is 0.320. The molecule has 0 radical (unpaired) electrons. The summed E-state index contributed by atoms with van der Waals surface area (Å²) < 4.78 is 2.20. The van der Waals surface area contributed by atoms with E-state index < -0.39 is 0 Å². The molecule has 0 aliphatic heterocycles. The number of imidazole rings is 1. The summed E-state index contributed by atoms with van der Waals surface area (Å²) in [6.07, 6.45) is 10.9. The number of aromatic nitrogens is 2. The van der Waals surface area contributed by atoms with Crippen molar-refractivity contribution in [1.82, 2.24) is 9.55 Å². The second kappa shape index (κ2) is 7.24. The average molecular weight is 249 g/mol. The molecule has 1 aromatic rings. The predicted molar refractivity (Wildman–Crippen MR) is 78.8 cm³/mol. The van der Waals surface area contributed by atoms with E-state index in [-0.39, 0.29) is 0 Å². The van der Waals surface area contributed by atoms with E-state index in [9.17, 15) is 0 Å². The number of nitrogens with zero attached hydrogens (tertiary/aromatic N) is 2. The molecule has 0 spiro atoms. The molecule has 0 aliphatic carbocycles. The third kappa shape index (κ3) is 4.94. The van der Waals surface area contributed by atoms with Crippen LogP contribution in [0.15, 0.2) is 25.0 Å². The molecule has 0 amide bonds. The van der Waals surface area contributed by atoms with Gasteiger partial charge in [-0.15, -0.1) is 6.58 Å². The number of hydrogen-bond acceptors (Lipinski definition) is 2. The molecule has 0 saturated heterocycles. The van der Waals surface area contributed by atoms with Crippen molar-refractivity contribution in [3.63, 3.8) is 0 Å². The smallest absolute Gasteiger partial charge is 0.203 e. The van der Waals surface area contributed by atoms with E-state index in [2.05, 4.69) is 42.2 Å². The maximum absolute atomic E-state index is 4.34. The molecule has 0 aromatic carbocycles. The Balaban J connectivity index is 2.54. The van der Waals surface area contributed by atoms with Crippen LogP contribution in [0.4, 0.5) is 5.95 Å². The molecule has 0 unspecified atom stereocenters. The van der Waals surface area contributed by atoms with Crippen LogP contribution in [-0.2, 0) is 6.54 Å². The summed E-state index contributed by atoms with van der Waals surface area (Å²) in [5, 5.41) is 3.27. The summed E-state index contributed by atoms with van der Waals surface area (Å²) in [6, 6.07) is 0. The summed E-state index contributed by atoms with van der Waals surface area (Å²) in [7, 11) is 0. The molecule has 3 nitrogen and oxygen atoms in total. The molecule has 1 N–H and O–H groups in total. The second-order valence-electron chi connectivity index (χ2n) is 5.67. The van der Waals surface area contributed by atoms with Crippen molar-refractivity contribution in [2.45, 2.75) is 53.0 Å². The summed E-state index contributed by atoms with van der Waals surface area (Å²) in [5.41, 5.74) is 0.320. The van der Waals surface area contributed by atoms with Crippen molar-refractivity contribution in [1.29, 1.82) is 0 Å². The van der Waals surface area contributed by atoms with Crippen molar-refractivity contribution >= 4 is 5.95 Å². The highest BCUT2D eigenvalue weighted by Crippen LogP contribution is 2.27. The van der Waals surface area contributed by atoms with Crippen LogP contribution in [0.5, 0.6) is 0 Å². The van der Waals surface area contributed by atoms with Crippen LogP contribution in [0, 0.1) is 5.41 Å². The quantitative estimate of drug-likeness (QED) is 0.528. The lowest BCUT2D eigenvalue weighted by atomic mass is 9.87. The maximum atomic E-state index is 4.34. The van der Waals surface area contributed by atoms with Gasteiger partial charge in [-0.05, 0) is 11.8 Å². The molecule has 0 bridgehead atoms.